The molecular formula is C25H22O6. The molecule has 6 nitrogen and oxygen atoms in total. The Hall–Kier alpha value is -3.67. The summed E-state index contributed by atoms with van der Waals surface area (Å²) in [6.45, 7) is 0.175. The number of carboxylic acids is 1. The number of carboxylic acid groups (broad SMARTS) is 1. The number of benzene rings is 3. The summed E-state index contributed by atoms with van der Waals surface area (Å²) in [5.41, 5.74) is 3.75. The Balaban J connectivity index is 1.68. The van der Waals surface area contributed by atoms with Gasteiger partial charge in [-0.2, -0.15) is 0 Å². The molecule has 6 heteroatoms. The summed E-state index contributed by atoms with van der Waals surface area (Å²) < 4.78 is 21.7. The van der Waals surface area contributed by atoms with Crippen LogP contribution in [0.1, 0.15) is 34.1 Å². The van der Waals surface area contributed by atoms with Gasteiger partial charge in [-0.15, -0.1) is 0 Å². The van der Waals surface area contributed by atoms with Gasteiger partial charge in [-0.25, -0.2) is 0 Å². The predicted molar refractivity (Wildman–Crippen MR) is 113 cm³/mol. The maximum atomic E-state index is 12.6. The maximum Gasteiger partial charge on any atom is 0.308 e. The molecule has 1 aliphatic heterocycles. The van der Waals surface area contributed by atoms with Crippen LogP contribution in [0.15, 0.2) is 60.7 Å². The van der Waals surface area contributed by atoms with E-state index < -0.39 is 11.9 Å². The third-order valence-corrected chi connectivity index (χ3v) is 6.20. The first-order chi connectivity index (χ1) is 15.1. The van der Waals surface area contributed by atoms with Crippen molar-refractivity contribution in [3.05, 3.63) is 82.9 Å². The van der Waals surface area contributed by atoms with E-state index in [1.54, 1.807) is 14.2 Å². The number of carbonyl (C=O) groups is 1. The molecule has 0 fully saturated rings. The third-order valence-electron chi connectivity index (χ3n) is 6.20. The van der Waals surface area contributed by atoms with Gasteiger partial charge in [0.1, 0.15) is 11.5 Å². The Bertz CT molecular complexity index is 1140. The minimum atomic E-state index is -0.848. The lowest BCUT2D eigenvalue weighted by molar-refractivity contribution is -0.142. The summed E-state index contributed by atoms with van der Waals surface area (Å²) in [7, 11) is 3.23. The Morgan fingerprint density at radius 3 is 2.16 bits per heavy atom. The molecule has 1 aliphatic carbocycles. The van der Waals surface area contributed by atoms with Gasteiger partial charge in [-0.3, -0.25) is 4.79 Å². The summed E-state index contributed by atoms with van der Waals surface area (Å²) >= 11 is 0. The Morgan fingerprint density at radius 2 is 1.45 bits per heavy atom. The first kappa shape index (κ1) is 19.3. The standard InChI is InChI=1S/C25H22O6/c1-28-16-6-3-14(4-7-16)22-19-12-17(29-2)8-9-18(19)23(24(22)25(26)27)15-5-10-20-21(11-15)31-13-30-20/h3-12,22-24H,13H2,1-2H3,(H,26,27). The highest BCUT2D eigenvalue weighted by Gasteiger charge is 2.47. The SMILES string of the molecule is COc1ccc(C2c3cc(OC)ccc3C(c3ccc4c(c3)OCO4)C2C(=O)O)cc1. The first-order valence-corrected chi connectivity index (χ1v) is 10.0. The zero-order valence-electron chi connectivity index (χ0n) is 17.2. The van der Waals surface area contributed by atoms with Gasteiger partial charge < -0.3 is 24.1 Å². The highest BCUT2D eigenvalue weighted by atomic mass is 16.7. The van der Waals surface area contributed by atoms with E-state index in [9.17, 15) is 9.90 Å². The lowest BCUT2D eigenvalue weighted by Crippen LogP contribution is -2.23. The van der Waals surface area contributed by atoms with Crippen molar-refractivity contribution in [1.29, 1.82) is 0 Å². The van der Waals surface area contributed by atoms with E-state index in [0.29, 0.717) is 17.2 Å². The van der Waals surface area contributed by atoms with Gasteiger partial charge >= 0.3 is 5.97 Å². The van der Waals surface area contributed by atoms with Gasteiger partial charge in [0.05, 0.1) is 20.1 Å². The molecule has 3 atom stereocenters. The van der Waals surface area contributed by atoms with Gasteiger partial charge in [-0.1, -0.05) is 24.3 Å². The van der Waals surface area contributed by atoms with Crippen LogP contribution < -0.4 is 18.9 Å². The molecule has 1 heterocycles. The highest BCUT2D eigenvalue weighted by Crippen LogP contribution is 2.54. The van der Waals surface area contributed by atoms with Crippen molar-refractivity contribution < 1.29 is 28.8 Å². The number of aliphatic carboxylic acids is 1. The second-order valence-corrected chi connectivity index (χ2v) is 7.70. The molecule has 0 radical (unpaired) electrons. The van der Waals surface area contributed by atoms with Crippen LogP contribution in [-0.2, 0) is 4.79 Å². The second-order valence-electron chi connectivity index (χ2n) is 7.70. The fourth-order valence-corrected chi connectivity index (χ4v) is 4.79. The van der Waals surface area contributed by atoms with E-state index in [2.05, 4.69) is 0 Å². The molecule has 3 aromatic rings. The monoisotopic (exact) mass is 418 g/mol. The van der Waals surface area contributed by atoms with Gasteiger partial charge in [0.15, 0.2) is 11.5 Å². The topological polar surface area (TPSA) is 74.2 Å². The molecule has 0 bridgehead atoms. The number of methoxy groups -OCH3 is 2. The van der Waals surface area contributed by atoms with Crippen LogP contribution in [0.2, 0.25) is 0 Å². The van der Waals surface area contributed by atoms with E-state index >= 15 is 0 Å². The third kappa shape index (κ3) is 3.15. The molecule has 0 saturated carbocycles. The molecule has 158 valence electrons. The zero-order chi connectivity index (χ0) is 21.5. The smallest absolute Gasteiger partial charge is 0.308 e. The van der Waals surface area contributed by atoms with E-state index in [1.165, 1.54) is 0 Å². The van der Waals surface area contributed by atoms with Crippen molar-refractivity contribution >= 4 is 5.97 Å². The number of fused-ring (bicyclic) bond motifs is 2. The molecular weight excluding hydrogens is 396 g/mol. The molecule has 2 aliphatic rings. The van der Waals surface area contributed by atoms with Crippen LogP contribution in [0.5, 0.6) is 23.0 Å². The molecule has 3 aromatic carbocycles. The van der Waals surface area contributed by atoms with Crippen molar-refractivity contribution in [1.82, 2.24) is 0 Å². The summed E-state index contributed by atoms with van der Waals surface area (Å²) in [5, 5.41) is 10.4. The zero-order valence-corrected chi connectivity index (χ0v) is 17.2. The number of ether oxygens (including phenoxy) is 4. The van der Waals surface area contributed by atoms with Crippen LogP contribution in [0.4, 0.5) is 0 Å². The lowest BCUT2D eigenvalue weighted by atomic mass is 9.79. The second kappa shape index (κ2) is 7.54. The van der Waals surface area contributed by atoms with Crippen LogP contribution in [0, 0.1) is 5.92 Å². The average Bonchev–Trinajstić information content (AvgIpc) is 3.40. The van der Waals surface area contributed by atoms with E-state index in [1.807, 2.05) is 60.7 Å². The van der Waals surface area contributed by atoms with Crippen LogP contribution >= 0.6 is 0 Å². The van der Waals surface area contributed by atoms with Crippen molar-refractivity contribution in [2.24, 2.45) is 5.92 Å². The molecule has 0 spiro atoms. The highest BCUT2D eigenvalue weighted by molar-refractivity contribution is 5.78. The van der Waals surface area contributed by atoms with Crippen molar-refractivity contribution in [2.75, 3.05) is 21.0 Å². The molecule has 0 amide bonds. The normalized spacial score (nSPS) is 20.9. The summed E-state index contributed by atoms with van der Waals surface area (Å²) in [5.74, 6) is 0.554. The Labute approximate surface area is 179 Å². The molecule has 31 heavy (non-hydrogen) atoms. The summed E-state index contributed by atoms with van der Waals surface area (Å²) in [4.78, 5) is 12.6. The average molecular weight is 418 g/mol. The van der Waals surface area contributed by atoms with Crippen LogP contribution in [-0.4, -0.2) is 32.1 Å². The summed E-state index contributed by atoms with van der Waals surface area (Å²) in [6.07, 6.45) is 0. The quantitative estimate of drug-likeness (QED) is 0.662. The minimum Gasteiger partial charge on any atom is -0.497 e. The number of hydrogen-bond donors (Lipinski definition) is 1. The minimum absolute atomic E-state index is 0.175. The Kier molecular flexibility index (Phi) is 4.70. The van der Waals surface area contributed by atoms with E-state index in [4.69, 9.17) is 18.9 Å². The van der Waals surface area contributed by atoms with Gasteiger partial charge in [0, 0.05) is 11.8 Å². The fraction of sp³-hybridized carbons (Fsp3) is 0.240. The fourth-order valence-electron chi connectivity index (χ4n) is 4.79. The van der Waals surface area contributed by atoms with Gasteiger partial charge in [0.2, 0.25) is 6.79 Å². The van der Waals surface area contributed by atoms with Crippen LogP contribution in [0.3, 0.4) is 0 Å². The van der Waals surface area contributed by atoms with E-state index in [-0.39, 0.29) is 18.6 Å². The Morgan fingerprint density at radius 1 is 0.806 bits per heavy atom. The van der Waals surface area contributed by atoms with Crippen LogP contribution in [0.25, 0.3) is 0 Å². The van der Waals surface area contributed by atoms with Crippen molar-refractivity contribution in [2.45, 2.75) is 11.8 Å². The molecule has 0 saturated heterocycles. The van der Waals surface area contributed by atoms with Crippen molar-refractivity contribution in [3.63, 3.8) is 0 Å². The maximum absolute atomic E-state index is 12.6. The lowest BCUT2D eigenvalue weighted by Gasteiger charge is -2.23. The predicted octanol–water partition coefficient (Wildman–Crippen LogP) is 4.41. The van der Waals surface area contributed by atoms with Gasteiger partial charge in [-0.05, 0) is 58.7 Å². The molecule has 5 rings (SSSR count). The molecule has 0 aromatic heterocycles. The first-order valence-electron chi connectivity index (χ1n) is 10.0. The molecule has 3 unspecified atom stereocenters. The van der Waals surface area contributed by atoms with E-state index in [0.717, 1.165) is 28.0 Å². The van der Waals surface area contributed by atoms with Crippen molar-refractivity contribution in [3.8, 4) is 23.0 Å². The number of rotatable bonds is 5. The van der Waals surface area contributed by atoms with Gasteiger partial charge in [0.25, 0.3) is 0 Å². The largest absolute Gasteiger partial charge is 0.497 e. The molecule has 1 N–H and O–H groups in total. The number of hydrogen-bond acceptors (Lipinski definition) is 5. The summed E-state index contributed by atoms with van der Waals surface area (Å²) in [6, 6.07) is 19.1.